The lowest BCUT2D eigenvalue weighted by molar-refractivity contribution is -0.230. The molecule has 1 saturated heterocycles. The van der Waals surface area contributed by atoms with E-state index in [1.54, 1.807) is 6.92 Å². The Balaban J connectivity index is 1.45. The first-order valence-corrected chi connectivity index (χ1v) is 15.1. The van der Waals surface area contributed by atoms with Crippen molar-refractivity contribution in [3.8, 4) is 5.88 Å². The number of nitrogens with zero attached hydrogens (tertiary/aromatic N) is 3. The number of ether oxygens (including phenoxy) is 2. The molecule has 14 heteroatoms. The van der Waals surface area contributed by atoms with Crippen molar-refractivity contribution in [2.24, 2.45) is 28.5 Å². The van der Waals surface area contributed by atoms with Gasteiger partial charge in [0.1, 0.15) is 23.2 Å². The smallest absolute Gasteiger partial charge is 0.275 e. The number of halogens is 5. The first-order chi connectivity index (χ1) is 20.3. The number of aliphatic imine (C=N–C) groups is 1. The van der Waals surface area contributed by atoms with E-state index in [4.69, 9.17) is 10.5 Å². The second-order valence-electron chi connectivity index (χ2n) is 11.9. The second kappa shape index (κ2) is 11.8. The molecule has 3 aliphatic rings. The molecule has 2 aromatic rings. The highest BCUT2D eigenvalue weighted by Crippen LogP contribution is 2.57. The van der Waals surface area contributed by atoms with Gasteiger partial charge in [-0.2, -0.15) is 0 Å². The highest BCUT2D eigenvalue weighted by molar-refractivity contribution is 8.13. The fourth-order valence-electron chi connectivity index (χ4n) is 6.73. The zero-order valence-electron chi connectivity index (χ0n) is 24.0. The molecule has 1 aliphatic carbocycles. The molecule has 1 saturated carbocycles. The van der Waals surface area contributed by atoms with E-state index in [1.165, 1.54) is 37.7 Å². The number of amides is 1. The number of carbonyl (C=O) groups excluding carboxylic acids is 1. The van der Waals surface area contributed by atoms with Crippen LogP contribution in [0.4, 0.5) is 27.6 Å². The molecule has 3 N–H and O–H groups in total. The van der Waals surface area contributed by atoms with Crippen LogP contribution in [0.2, 0.25) is 0 Å². The molecule has 1 aromatic carbocycles. The van der Waals surface area contributed by atoms with E-state index in [2.05, 4.69) is 25.0 Å². The van der Waals surface area contributed by atoms with Crippen LogP contribution in [0.15, 0.2) is 35.6 Å². The molecule has 0 spiro atoms. The lowest BCUT2D eigenvalue weighted by Gasteiger charge is -2.55. The molecule has 43 heavy (non-hydrogen) atoms. The van der Waals surface area contributed by atoms with Gasteiger partial charge in [0.05, 0.1) is 25.1 Å². The average molecular weight is 628 g/mol. The molecular weight excluding hydrogens is 593 g/mol. The summed E-state index contributed by atoms with van der Waals surface area (Å²) in [6.45, 7) is 3.20. The molecule has 3 heterocycles. The second-order valence-corrected chi connectivity index (χ2v) is 12.9. The third-order valence-electron chi connectivity index (χ3n) is 8.87. The largest absolute Gasteiger partial charge is 0.445 e. The highest BCUT2D eigenvalue weighted by atomic mass is 32.2. The summed E-state index contributed by atoms with van der Waals surface area (Å²) in [5, 5.41) is 2.79. The van der Waals surface area contributed by atoms with Gasteiger partial charge in [-0.05, 0) is 49.3 Å². The number of thioether (sulfide) groups is 1. The normalized spacial score (nSPS) is 34.3. The van der Waals surface area contributed by atoms with Crippen molar-refractivity contribution in [1.29, 1.82) is 0 Å². The molecular formula is C29H34F5N5O3S. The standard InChI is InChI=1S/C29H34F5N5O3S/c1-15(2)29(34)22(32)6-16(3)9-28(29,33)23-7-17-12-43-26(35)39-27(17,13-41-23)19-8-18(4-5-20(19)31)38-25(40)21-10-37-24(11-36-21)42-14-30/h4-5,8,10-11,15-17,22-23H,6-7,9,12-14H2,1-3H3,(H2,35,39)(H,38,40)/t16?,17-,22?,23+,27-,28?,29?/m0/s1. The van der Waals surface area contributed by atoms with Crippen molar-refractivity contribution in [2.45, 2.75) is 69.2 Å². The van der Waals surface area contributed by atoms with Crippen LogP contribution >= 0.6 is 11.8 Å². The lowest BCUT2D eigenvalue weighted by atomic mass is 9.60. The Morgan fingerprint density at radius 1 is 1.26 bits per heavy atom. The van der Waals surface area contributed by atoms with E-state index in [1.807, 2.05) is 0 Å². The van der Waals surface area contributed by atoms with Crippen molar-refractivity contribution in [1.82, 2.24) is 9.97 Å². The van der Waals surface area contributed by atoms with Crippen molar-refractivity contribution in [2.75, 3.05) is 24.5 Å². The quantitative estimate of drug-likeness (QED) is 0.380. The summed E-state index contributed by atoms with van der Waals surface area (Å²) in [6, 6.07) is 3.89. The number of amidine groups is 1. The summed E-state index contributed by atoms with van der Waals surface area (Å²) in [4.78, 5) is 25.1. The summed E-state index contributed by atoms with van der Waals surface area (Å²) in [5.74, 6) is -3.01. The number of benzene rings is 1. The number of hydrogen-bond donors (Lipinski definition) is 2. The zero-order chi connectivity index (χ0) is 31.2. The minimum absolute atomic E-state index is 0.0446. The number of anilines is 1. The number of alkyl halides is 4. The number of rotatable bonds is 7. The number of nitrogens with two attached hydrogens (primary N) is 1. The topological polar surface area (TPSA) is 112 Å². The van der Waals surface area contributed by atoms with Crippen molar-refractivity contribution < 1.29 is 36.2 Å². The third-order valence-corrected chi connectivity index (χ3v) is 9.83. The molecule has 7 atom stereocenters. The number of fused-ring (bicyclic) bond motifs is 1. The zero-order valence-corrected chi connectivity index (χ0v) is 24.8. The maximum atomic E-state index is 17.0. The van der Waals surface area contributed by atoms with Gasteiger partial charge in [0.15, 0.2) is 16.5 Å². The van der Waals surface area contributed by atoms with E-state index in [-0.39, 0.29) is 53.9 Å². The van der Waals surface area contributed by atoms with Gasteiger partial charge in [0.2, 0.25) is 12.7 Å². The predicted octanol–water partition coefficient (Wildman–Crippen LogP) is 5.68. The molecule has 234 valence electrons. The minimum atomic E-state index is -2.76. The monoisotopic (exact) mass is 627 g/mol. The van der Waals surface area contributed by atoms with Gasteiger partial charge in [0.25, 0.3) is 5.91 Å². The summed E-state index contributed by atoms with van der Waals surface area (Å²) < 4.78 is 87.2. The Bertz CT molecular complexity index is 1390. The van der Waals surface area contributed by atoms with Crippen LogP contribution in [0.1, 0.15) is 56.1 Å². The molecule has 8 nitrogen and oxygen atoms in total. The van der Waals surface area contributed by atoms with Crippen molar-refractivity contribution in [3.05, 3.63) is 47.7 Å². The minimum Gasteiger partial charge on any atom is -0.445 e. The van der Waals surface area contributed by atoms with Gasteiger partial charge in [-0.25, -0.2) is 36.9 Å². The fraction of sp³-hybridized carbons (Fsp3) is 0.586. The Kier molecular flexibility index (Phi) is 8.64. The van der Waals surface area contributed by atoms with E-state index >= 15 is 17.6 Å². The Labute approximate surface area is 250 Å². The van der Waals surface area contributed by atoms with Gasteiger partial charge in [-0.3, -0.25) is 4.79 Å². The third kappa shape index (κ3) is 5.45. The molecule has 2 aliphatic heterocycles. The van der Waals surface area contributed by atoms with Crippen molar-refractivity contribution >= 4 is 28.5 Å². The van der Waals surface area contributed by atoms with Crippen LogP contribution in [0.25, 0.3) is 0 Å². The summed E-state index contributed by atoms with van der Waals surface area (Å²) in [5.41, 5.74) is -0.524. The number of nitrogens with one attached hydrogen (secondary N) is 1. The lowest BCUT2D eigenvalue weighted by Crippen LogP contribution is -2.68. The maximum Gasteiger partial charge on any atom is 0.275 e. The summed E-state index contributed by atoms with van der Waals surface area (Å²) >= 11 is 1.22. The van der Waals surface area contributed by atoms with Gasteiger partial charge in [-0.15, -0.1) is 0 Å². The molecule has 1 aromatic heterocycles. The number of carbonyl (C=O) groups is 1. The molecule has 4 unspecified atom stereocenters. The van der Waals surface area contributed by atoms with E-state index in [0.717, 1.165) is 18.5 Å². The summed E-state index contributed by atoms with van der Waals surface area (Å²) in [6.07, 6.45) is -1.43. The Morgan fingerprint density at radius 3 is 2.70 bits per heavy atom. The first-order valence-electron chi connectivity index (χ1n) is 14.1. The van der Waals surface area contributed by atoms with Gasteiger partial charge >= 0.3 is 0 Å². The maximum absolute atomic E-state index is 17.0. The van der Waals surface area contributed by atoms with Crippen molar-refractivity contribution in [3.63, 3.8) is 0 Å². The fourth-order valence-corrected chi connectivity index (χ4v) is 7.74. The van der Waals surface area contributed by atoms with Crippen LogP contribution in [0.5, 0.6) is 5.88 Å². The number of aromatic nitrogens is 2. The van der Waals surface area contributed by atoms with Crippen LogP contribution in [0, 0.1) is 23.6 Å². The first kappa shape index (κ1) is 31.4. The van der Waals surface area contributed by atoms with E-state index < -0.39 is 65.5 Å². The predicted molar refractivity (Wildman–Crippen MR) is 152 cm³/mol. The molecule has 0 radical (unpaired) electrons. The van der Waals surface area contributed by atoms with E-state index in [0.29, 0.717) is 5.75 Å². The SMILES string of the molecule is CC1CC(F)C(F)(C(C)C)C(F)([C@H]2C[C@H]3CSC(N)=N[C@@]3(c3cc(NC(=O)c4cnc(OCF)cn4)ccc3F)CO2)C1. The average Bonchev–Trinajstić information content (AvgIpc) is 2.96. The molecule has 2 fully saturated rings. The molecule has 1 amide bonds. The van der Waals surface area contributed by atoms with Crippen LogP contribution < -0.4 is 15.8 Å². The number of hydrogen-bond acceptors (Lipinski definition) is 8. The van der Waals surface area contributed by atoms with E-state index in [9.17, 15) is 9.18 Å². The Hall–Kier alpha value is -3.00. The summed E-state index contributed by atoms with van der Waals surface area (Å²) in [7, 11) is 0. The van der Waals surface area contributed by atoms with Crippen LogP contribution in [0.3, 0.4) is 0 Å². The molecule has 5 rings (SSSR count). The van der Waals surface area contributed by atoms with Gasteiger partial charge < -0.3 is 20.5 Å². The highest BCUT2D eigenvalue weighted by Gasteiger charge is 2.68. The van der Waals surface area contributed by atoms with Gasteiger partial charge in [0, 0.05) is 22.9 Å². The van der Waals surface area contributed by atoms with Crippen LogP contribution in [-0.2, 0) is 10.3 Å². The molecule has 0 bridgehead atoms. The van der Waals surface area contributed by atoms with Gasteiger partial charge in [-0.1, -0.05) is 32.5 Å². The van der Waals surface area contributed by atoms with Crippen LogP contribution in [-0.4, -0.2) is 63.9 Å². The Morgan fingerprint density at radius 2 is 2.02 bits per heavy atom.